The summed E-state index contributed by atoms with van der Waals surface area (Å²) in [6, 6.07) is 17.5. The van der Waals surface area contributed by atoms with Gasteiger partial charge in [0.1, 0.15) is 11.5 Å². The van der Waals surface area contributed by atoms with Crippen molar-refractivity contribution < 1.29 is 13.2 Å². The first-order chi connectivity index (χ1) is 18.9. The van der Waals surface area contributed by atoms with Crippen molar-refractivity contribution in [3.8, 4) is 11.5 Å². The van der Waals surface area contributed by atoms with Gasteiger partial charge in [-0.05, 0) is 93.2 Å². The highest BCUT2D eigenvalue weighted by atomic mass is 32.2. The van der Waals surface area contributed by atoms with Crippen LogP contribution in [0, 0.1) is 0 Å². The number of piperidine rings is 1. The summed E-state index contributed by atoms with van der Waals surface area (Å²) >= 11 is 0. The van der Waals surface area contributed by atoms with Crippen LogP contribution in [0.5, 0.6) is 11.5 Å². The number of hydrogen-bond acceptors (Lipinski definition) is 8. The van der Waals surface area contributed by atoms with Crippen molar-refractivity contribution in [3.63, 3.8) is 0 Å². The van der Waals surface area contributed by atoms with Gasteiger partial charge in [-0.15, -0.1) is 0 Å². The first-order valence-electron chi connectivity index (χ1n) is 13.8. The third kappa shape index (κ3) is 8.39. The second-order valence-corrected chi connectivity index (χ2v) is 12.3. The molecule has 0 radical (unpaired) electrons. The van der Waals surface area contributed by atoms with Gasteiger partial charge in [0.15, 0.2) is 0 Å². The van der Waals surface area contributed by atoms with Gasteiger partial charge in [0.05, 0.1) is 6.26 Å². The Hall–Kier alpha value is -3.21. The lowest BCUT2D eigenvalue weighted by atomic mass is 9.97. The van der Waals surface area contributed by atoms with Crippen LogP contribution in [0.1, 0.15) is 49.3 Å². The van der Waals surface area contributed by atoms with Crippen LogP contribution in [0.2, 0.25) is 0 Å². The van der Waals surface area contributed by atoms with E-state index in [1.54, 1.807) is 24.3 Å². The van der Waals surface area contributed by atoms with E-state index in [2.05, 4.69) is 43.4 Å². The Morgan fingerprint density at radius 2 is 1.67 bits per heavy atom. The molecule has 2 saturated heterocycles. The van der Waals surface area contributed by atoms with E-state index in [-0.39, 0.29) is 0 Å². The van der Waals surface area contributed by atoms with Crippen molar-refractivity contribution in [1.82, 2.24) is 20.2 Å². The largest absolute Gasteiger partial charge is 0.457 e. The van der Waals surface area contributed by atoms with Crippen molar-refractivity contribution in [1.29, 1.82) is 0 Å². The van der Waals surface area contributed by atoms with E-state index in [1.807, 2.05) is 18.3 Å². The predicted octanol–water partition coefficient (Wildman–Crippen LogP) is 4.57. The summed E-state index contributed by atoms with van der Waals surface area (Å²) in [5, 5.41) is 7.07. The lowest BCUT2D eigenvalue weighted by Crippen LogP contribution is -2.39. The predicted molar refractivity (Wildman–Crippen MR) is 155 cm³/mol. The molecule has 3 aromatic rings. The average molecular weight is 551 g/mol. The Labute approximate surface area is 231 Å². The van der Waals surface area contributed by atoms with E-state index in [1.165, 1.54) is 24.1 Å². The van der Waals surface area contributed by atoms with Crippen LogP contribution in [0.3, 0.4) is 0 Å². The molecule has 2 fully saturated rings. The van der Waals surface area contributed by atoms with Gasteiger partial charge in [0.2, 0.25) is 16.0 Å². The third-order valence-corrected chi connectivity index (χ3v) is 7.92. The molecule has 3 heterocycles. The summed E-state index contributed by atoms with van der Waals surface area (Å²) in [6.45, 7) is 5.12. The molecule has 2 aliphatic rings. The smallest absolute Gasteiger partial charge is 0.229 e. The van der Waals surface area contributed by atoms with Crippen molar-refractivity contribution >= 4 is 21.7 Å². The highest BCUT2D eigenvalue weighted by Gasteiger charge is 2.21. The second kappa shape index (κ2) is 12.8. The maximum atomic E-state index is 11.4. The number of rotatable bonds is 9. The van der Waals surface area contributed by atoms with Crippen molar-refractivity contribution in [3.05, 3.63) is 72.1 Å². The molecule has 10 heteroatoms. The van der Waals surface area contributed by atoms with E-state index in [0.717, 1.165) is 69.9 Å². The summed E-state index contributed by atoms with van der Waals surface area (Å²) in [7, 11) is -3.30. The van der Waals surface area contributed by atoms with Crippen LogP contribution < -0.4 is 20.1 Å². The highest BCUT2D eigenvalue weighted by Crippen LogP contribution is 2.26. The Balaban J connectivity index is 1.07. The Kier molecular flexibility index (Phi) is 8.95. The number of benzene rings is 2. The number of aromatic nitrogens is 2. The molecule has 0 amide bonds. The third-order valence-electron chi connectivity index (χ3n) is 7.31. The minimum absolute atomic E-state index is 0.391. The van der Waals surface area contributed by atoms with E-state index in [4.69, 9.17) is 9.72 Å². The van der Waals surface area contributed by atoms with Crippen LogP contribution in [0.4, 0.5) is 11.6 Å². The Bertz CT molecular complexity index is 1300. The highest BCUT2D eigenvalue weighted by molar-refractivity contribution is 7.92. The van der Waals surface area contributed by atoms with E-state index in [9.17, 15) is 8.42 Å². The molecule has 3 N–H and O–H groups in total. The maximum absolute atomic E-state index is 11.4. The molecule has 9 nitrogen and oxygen atoms in total. The van der Waals surface area contributed by atoms with Crippen LogP contribution in [-0.4, -0.2) is 61.8 Å². The SMILES string of the molecule is CS(=O)(=O)Nc1ccc(Oc2ccc(CN3CCC(Nc4nccc(C5CCCNCC5)n4)CC3)cc2)cc1. The molecule has 1 unspecified atom stereocenters. The van der Waals surface area contributed by atoms with Crippen LogP contribution in [0.25, 0.3) is 0 Å². The van der Waals surface area contributed by atoms with Gasteiger partial charge < -0.3 is 15.4 Å². The van der Waals surface area contributed by atoms with Gasteiger partial charge in [0.25, 0.3) is 0 Å². The van der Waals surface area contributed by atoms with Crippen LogP contribution in [-0.2, 0) is 16.6 Å². The molecule has 5 rings (SSSR count). The molecule has 1 atom stereocenters. The molecule has 2 aliphatic heterocycles. The van der Waals surface area contributed by atoms with E-state index >= 15 is 0 Å². The zero-order chi connectivity index (χ0) is 27.1. The van der Waals surface area contributed by atoms with Crippen molar-refractivity contribution in [2.24, 2.45) is 0 Å². The van der Waals surface area contributed by atoms with Gasteiger partial charge >= 0.3 is 0 Å². The molecule has 1 aromatic heterocycles. The van der Waals surface area contributed by atoms with E-state index in [0.29, 0.717) is 23.4 Å². The number of ether oxygens (including phenoxy) is 1. The number of hydrogen-bond donors (Lipinski definition) is 3. The zero-order valence-corrected chi connectivity index (χ0v) is 23.3. The summed E-state index contributed by atoms with van der Waals surface area (Å²) in [5.41, 5.74) is 2.92. The zero-order valence-electron chi connectivity index (χ0n) is 22.5. The molecule has 39 heavy (non-hydrogen) atoms. The van der Waals surface area contributed by atoms with Gasteiger partial charge in [-0.3, -0.25) is 9.62 Å². The quantitative estimate of drug-likeness (QED) is 0.356. The average Bonchev–Trinajstić information content (AvgIpc) is 3.21. The summed E-state index contributed by atoms with van der Waals surface area (Å²) in [4.78, 5) is 11.9. The van der Waals surface area contributed by atoms with Crippen LogP contribution in [0.15, 0.2) is 60.8 Å². The maximum Gasteiger partial charge on any atom is 0.229 e. The number of nitrogens with one attached hydrogen (secondary N) is 3. The van der Waals surface area contributed by atoms with Crippen LogP contribution >= 0.6 is 0 Å². The fraction of sp³-hybridized carbons (Fsp3) is 0.448. The summed E-state index contributed by atoms with van der Waals surface area (Å²) in [5.74, 6) is 2.68. The fourth-order valence-electron chi connectivity index (χ4n) is 5.26. The normalized spacial score (nSPS) is 19.3. The number of sulfonamides is 1. The second-order valence-electron chi connectivity index (χ2n) is 10.5. The lowest BCUT2D eigenvalue weighted by Gasteiger charge is -2.32. The van der Waals surface area contributed by atoms with Crippen molar-refractivity contribution in [2.45, 2.75) is 50.6 Å². The monoisotopic (exact) mass is 550 g/mol. The fourth-order valence-corrected chi connectivity index (χ4v) is 5.83. The molecule has 0 aliphatic carbocycles. The molecule has 208 valence electrons. The Morgan fingerprint density at radius 3 is 2.38 bits per heavy atom. The molecule has 0 bridgehead atoms. The minimum Gasteiger partial charge on any atom is -0.457 e. The van der Waals surface area contributed by atoms with Gasteiger partial charge in [0, 0.05) is 49.2 Å². The molecule has 0 spiro atoms. The minimum atomic E-state index is -3.30. The van der Waals surface area contributed by atoms with Gasteiger partial charge in [-0.1, -0.05) is 12.1 Å². The lowest BCUT2D eigenvalue weighted by molar-refractivity contribution is 0.211. The molecular weight excluding hydrogens is 512 g/mol. The first-order valence-corrected chi connectivity index (χ1v) is 15.7. The standard InChI is InChI=1S/C29H38N6O3S/c1-39(36,37)34-25-6-10-27(11-7-25)38-26-8-4-22(5-9-26)21-35-19-14-24(15-20-35)32-29-31-18-13-28(33-29)23-3-2-16-30-17-12-23/h4-11,13,18,23-24,30,34H,2-3,12,14-17,19-21H2,1H3,(H,31,32,33). The first kappa shape index (κ1) is 27.4. The van der Waals surface area contributed by atoms with Gasteiger partial charge in [-0.25, -0.2) is 18.4 Å². The number of likely N-dealkylation sites (tertiary alicyclic amines) is 1. The molecular formula is C29H38N6O3S. The molecule has 0 saturated carbocycles. The molecule has 2 aromatic carbocycles. The Morgan fingerprint density at radius 1 is 0.949 bits per heavy atom. The summed E-state index contributed by atoms with van der Waals surface area (Å²) in [6.07, 6.45) is 8.68. The summed E-state index contributed by atoms with van der Waals surface area (Å²) < 4.78 is 31.1. The topological polar surface area (TPSA) is 108 Å². The van der Waals surface area contributed by atoms with Crippen molar-refractivity contribution in [2.75, 3.05) is 42.5 Å². The van der Waals surface area contributed by atoms with Gasteiger partial charge in [-0.2, -0.15) is 0 Å². The number of nitrogens with zero attached hydrogens (tertiary/aromatic N) is 3. The number of anilines is 2. The van der Waals surface area contributed by atoms with E-state index < -0.39 is 10.0 Å².